The molecule has 0 aliphatic carbocycles. The fraction of sp³-hybridized carbons (Fsp3) is 0.286. The first-order valence-corrected chi connectivity index (χ1v) is 2.94. The van der Waals surface area contributed by atoms with Gasteiger partial charge in [0.1, 0.15) is 0 Å². The summed E-state index contributed by atoms with van der Waals surface area (Å²) in [5, 5.41) is 0. The van der Waals surface area contributed by atoms with Crippen LogP contribution >= 0.6 is 0 Å². The number of pyridine rings is 1. The molecule has 9 heavy (non-hydrogen) atoms. The Kier molecular flexibility index (Phi) is 2.22. The highest BCUT2D eigenvalue weighted by Gasteiger charge is 1.86. The normalized spacial score (nSPS) is 9.44. The second kappa shape index (κ2) is 3.20. The van der Waals surface area contributed by atoms with Crippen molar-refractivity contribution in [3.63, 3.8) is 0 Å². The SMILES string of the molecule is NCCc1cc[c]cn1. The molecule has 0 bridgehead atoms. The molecule has 2 N–H and O–H groups in total. The van der Waals surface area contributed by atoms with Crippen molar-refractivity contribution in [1.29, 1.82) is 0 Å². The van der Waals surface area contributed by atoms with Crippen LogP contribution in [0.1, 0.15) is 5.69 Å². The summed E-state index contributed by atoms with van der Waals surface area (Å²) in [5.41, 5.74) is 6.35. The predicted molar refractivity (Wildman–Crippen MR) is 35.8 cm³/mol. The van der Waals surface area contributed by atoms with Crippen LogP contribution in [0.5, 0.6) is 0 Å². The van der Waals surface area contributed by atoms with Gasteiger partial charge in [-0.1, -0.05) is 6.07 Å². The number of aromatic nitrogens is 1. The van der Waals surface area contributed by atoms with E-state index >= 15 is 0 Å². The van der Waals surface area contributed by atoms with E-state index in [1.54, 1.807) is 6.20 Å². The van der Waals surface area contributed by atoms with Crippen molar-refractivity contribution >= 4 is 0 Å². The van der Waals surface area contributed by atoms with Gasteiger partial charge in [0.15, 0.2) is 0 Å². The van der Waals surface area contributed by atoms with E-state index in [1.165, 1.54) is 0 Å². The van der Waals surface area contributed by atoms with Crippen molar-refractivity contribution in [3.8, 4) is 0 Å². The van der Waals surface area contributed by atoms with Crippen molar-refractivity contribution in [2.45, 2.75) is 6.42 Å². The maximum absolute atomic E-state index is 5.31. The number of nitrogens with two attached hydrogens (primary N) is 1. The number of nitrogens with zero attached hydrogens (tertiary/aromatic N) is 1. The molecule has 0 atom stereocenters. The van der Waals surface area contributed by atoms with Crippen molar-refractivity contribution < 1.29 is 0 Å². The largest absolute Gasteiger partial charge is 0.330 e. The van der Waals surface area contributed by atoms with Crippen LogP contribution in [0.15, 0.2) is 18.3 Å². The third kappa shape index (κ3) is 1.82. The van der Waals surface area contributed by atoms with Crippen LogP contribution in [-0.2, 0) is 6.42 Å². The molecule has 0 unspecified atom stereocenters. The van der Waals surface area contributed by atoms with Gasteiger partial charge in [-0.2, -0.15) is 0 Å². The van der Waals surface area contributed by atoms with Crippen molar-refractivity contribution in [3.05, 3.63) is 30.1 Å². The molecule has 0 amide bonds. The minimum atomic E-state index is 0.664. The lowest BCUT2D eigenvalue weighted by Crippen LogP contribution is -2.03. The Morgan fingerprint density at radius 2 is 2.56 bits per heavy atom. The van der Waals surface area contributed by atoms with Gasteiger partial charge in [0, 0.05) is 24.4 Å². The lowest BCUT2D eigenvalue weighted by atomic mass is 10.3. The molecule has 0 aliphatic rings. The van der Waals surface area contributed by atoms with Gasteiger partial charge in [0.05, 0.1) is 0 Å². The van der Waals surface area contributed by atoms with Crippen molar-refractivity contribution in [2.24, 2.45) is 5.73 Å². The summed E-state index contributed by atoms with van der Waals surface area (Å²) in [6.07, 6.45) is 2.51. The molecule has 1 rings (SSSR count). The monoisotopic (exact) mass is 121 g/mol. The molecule has 1 aromatic rings. The molecule has 0 aliphatic heterocycles. The summed E-state index contributed by atoms with van der Waals surface area (Å²) in [4.78, 5) is 4.03. The van der Waals surface area contributed by atoms with Gasteiger partial charge in [-0.25, -0.2) is 0 Å². The summed E-state index contributed by atoms with van der Waals surface area (Å²) in [5.74, 6) is 0. The van der Waals surface area contributed by atoms with Crippen molar-refractivity contribution in [2.75, 3.05) is 6.54 Å². The zero-order valence-electron chi connectivity index (χ0n) is 5.17. The molecule has 2 nitrogen and oxygen atoms in total. The van der Waals surface area contributed by atoms with Crippen LogP contribution in [0, 0.1) is 6.07 Å². The highest BCUT2D eigenvalue weighted by atomic mass is 14.7. The first-order chi connectivity index (χ1) is 4.43. The Morgan fingerprint density at radius 3 is 3.11 bits per heavy atom. The third-order valence-electron chi connectivity index (χ3n) is 1.08. The van der Waals surface area contributed by atoms with Gasteiger partial charge in [-0.15, -0.1) is 0 Å². The van der Waals surface area contributed by atoms with Gasteiger partial charge < -0.3 is 5.73 Å². The Hall–Kier alpha value is -0.890. The van der Waals surface area contributed by atoms with E-state index in [0.717, 1.165) is 12.1 Å². The van der Waals surface area contributed by atoms with E-state index in [9.17, 15) is 0 Å². The van der Waals surface area contributed by atoms with E-state index in [4.69, 9.17) is 5.73 Å². The lowest BCUT2D eigenvalue weighted by Gasteiger charge is -1.92. The first kappa shape index (κ1) is 6.23. The number of hydrogen-bond donors (Lipinski definition) is 1. The highest BCUT2D eigenvalue weighted by Crippen LogP contribution is 1.90. The van der Waals surface area contributed by atoms with Crippen LogP contribution < -0.4 is 5.73 Å². The second-order valence-electron chi connectivity index (χ2n) is 1.79. The molecule has 1 heterocycles. The molecule has 0 fully saturated rings. The fourth-order valence-electron chi connectivity index (χ4n) is 0.646. The number of rotatable bonds is 2. The molecule has 0 saturated carbocycles. The summed E-state index contributed by atoms with van der Waals surface area (Å²) in [6, 6.07) is 6.61. The lowest BCUT2D eigenvalue weighted by molar-refractivity contribution is 0.923. The topological polar surface area (TPSA) is 38.9 Å². The average Bonchev–Trinajstić information content (AvgIpc) is 1.91. The quantitative estimate of drug-likeness (QED) is 0.614. The van der Waals surface area contributed by atoms with Crippen LogP contribution in [-0.4, -0.2) is 11.5 Å². The van der Waals surface area contributed by atoms with E-state index in [2.05, 4.69) is 11.1 Å². The summed E-state index contributed by atoms with van der Waals surface area (Å²) >= 11 is 0. The summed E-state index contributed by atoms with van der Waals surface area (Å²) in [7, 11) is 0. The van der Waals surface area contributed by atoms with Gasteiger partial charge >= 0.3 is 0 Å². The zero-order chi connectivity index (χ0) is 6.53. The Balaban J connectivity index is 2.61. The molecule has 2 heteroatoms. The van der Waals surface area contributed by atoms with Crippen LogP contribution in [0.4, 0.5) is 0 Å². The molecule has 0 spiro atoms. The first-order valence-electron chi connectivity index (χ1n) is 2.94. The van der Waals surface area contributed by atoms with E-state index in [-0.39, 0.29) is 0 Å². The highest BCUT2D eigenvalue weighted by molar-refractivity contribution is 5.02. The van der Waals surface area contributed by atoms with Crippen LogP contribution in [0.3, 0.4) is 0 Å². The molecule has 0 saturated heterocycles. The smallest absolute Gasteiger partial charge is 0.0416 e. The summed E-state index contributed by atoms with van der Waals surface area (Å²) in [6.45, 7) is 0.664. The van der Waals surface area contributed by atoms with E-state index in [1.807, 2.05) is 12.1 Å². The predicted octanol–water partition coefficient (Wildman–Crippen LogP) is 0.383. The Morgan fingerprint density at radius 1 is 1.67 bits per heavy atom. The van der Waals surface area contributed by atoms with Gasteiger partial charge in [0.2, 0.25) is 0 Å². The minimum Gasteiger partial charge on any atom is -0.330 e. The summed E-state index contributed by atoms with van der Waals surface area (Å²) < 4.78 is 0. The Bertz CT molecular complexity index is 160. The fourth-order valence-corrected chi connectivity index (χ4v) is 0.646. The maximum atomic E-state index is 5.31. The molecule has 1 aromatic heterocycles. The average molecular weight is 121 g/mol. The van der Waals surface area contributed by atoms with Gasteiger partial charge in [-0.05, 0) is 12.6 Å². The zero-order valence-corrected chi connectivity index (χ0v) is 5.17. The number of hydrogen-bond acceptors (Lipinski definition) is 2. The third-order valence-corrected chi connectivity index (χ3v) is 1.08. The van der Waals surface area contributed by atoms with Crippen LogP contribution in [0.2, 0.25) is 0 Å². The second-order valence-corrected chi connectivity index (χ2v) is 1.79. The maximum Gasteiger partial charge on any atom is 0.0416 e. The molecule has 47 valence electrons. The molecular formula is C7H9N2. The van der Waals surface area contributed by atoms with E-state index in [0.29, 0.717) is 6.54 Å². The minimum absolute atomic E-state index is 0.664. The molecule has 0 aromatic carbocycles. The molecular weight excluding hydrogens is 112 g/mol. The van der Waals surface area contributed by atoms with Crippen LogP contribution in [0.25, 0.3) is 0 Å². The van der Waals surface area contributed by atoms with Gasteiger partial charge in [0.25, 0.3) is 0 Å². The standard InChI is InChI=1S/C7H9N2/c8-5-4-7-3-1-2-6-9-7/h1,3,6H,4-5,8H2. The molecule has 1 radical (unpaired) electrons. The van der Waals surface area contributed by atoms with Gasteiger partial charge in [-0.3, -0.25) is 4.98 Å². The van der Waals surface area contributed by atoms with Crippen molar-refractivity contribution in [1.82, 2.24) is 4.98 Å². The van der Waals surface area contributed by atoms with E-state index < -0.39 is 0 Å². The Labute approximate surface area is 54.7 Å².